The molecule has 1 aromatic heterocycles. The van der Waals surface area contributed by atoms with Crippen molar-refractivity contribution in [1.29, 1.82) is 0 Å². The first-order valence-electron chi connectivity index (χ1n) is 7.16. The molecule has 1 unspecified atom stereocenters. The lowest BCUT2D eigenvalue weighted by molar-refractivity contribution is 0.414. The van der Waals surface area contributed by atoms with Crippen LogP contribution in [0.2, 0.25) is 0 Å². The predicted molar refractivity (Wildman–Crippen MR) is 81.2 cm³/mol. The van der Waals surface area contributed by atoms with E-state index in [0.717, 1.165) is 37.3 Å². The Balaban J connectivity index is 1.65. The average molecular weight is 273 g/mol. The molecule has 0 saturated heterocycles. The number of hydrogen-bond acceptors (Lipinski definition) is 3. The van der Waals surface area contributed by atoms with Crippen LogP contribution >= 0.6 is 0 Å². The van der Waals surface area contributed by atoms with Crippen LogP contribution in [-0.4, -0.2) is 19.7 Å². The number of ether oxygens (including phenoxy) is 1. The van der Waals surface area contributed by atoms with E-state index < -0.39 is 0 Å². The van der Waals surface area contributed by atoms with Gasteiger partial charge >= 0.3 is 0 Å². The molecule has 0 radical (unpaired) electrons. The van der Waals surface area contributed by atoms with Gasteiger partial charge in [0.1, 0.15) is 11.5 Å². The molecule has 0 aliphatic carbocycles. The second kappa shape index (κ2) is 7.75. The Morgan fingerprint density at radius 2 is 1.95 bits per heavy atom. The molecule has 1 atom stereocenters. The third-order valence-electron chi connectivity index (χ3n) is 3.47. The van der Waals surface area contributed by atoms with Crippen LogP contribution in [0, 0.1) is 0 Å². The number of hydrogen-bond donors (Lipinski definition) is 1. The molecule has 0 aliphatic heterocycles. The molecule has 2 rings (SSSR count). The van der Waals surface area contributed by atoms with Crippen molar-refractivity contribution in [2.24, 2.45) is 0 Å². The summed E-state index contributed by atoms with van der Waals surface area (Å²) < 4.78 is 10.5. The highest BCUT2D eigenvalue weighted by Gasteiger charge is 2.03. The molecule has 0 aliphatic rings. The number of rotatable bonds is 8. The first-order valence-corrected chi connectivity index (χ1v) is 7.16. The van der Waals surface area contributed by atoms with Crippen LogP contribution in [0.25, 0.3) is 0 Å². The number of benzene rings is 1. The van der Waals surface area contributed by atoms with E-state index in [-0.39, 0.29) is 0 Å². The Morgan fingerprint density at radius 3 is 2.60 bits per heavy atom. The predicted octanol–water partition coefficient (Wildman–Crippen LogP) is 3.44. The quantitative estimate of drug-likeness (QED) is 0.800. The Morgan fingerprint density at radius 1 is 1.15 bits per heavy atom. The zero-order valence-electron chi connectivity index (χ0n) is 12.3. The zero-order valence-corrected chi connectivity index (χ0v) is 12.3. The molecule has 3 nitrogen and oxygen atoms in total. The molecule has 0 amide bonds. The van der Waals surface area contributed by atoms with Gasteiger partial charge in [0.05, 0.1) is 13.4 Å². The lowest BCUT2D eigenvalue weighted by Gasteiger charge is -2.13. The first kappa shape index (κ1) is 14.7. The van der Waals surface area contributed by atoms with Gasteiger partial charge in [-0.15, -0.1) is 0 Å². The van der Waals surface area contributed by atoms with Gasteiger partial charge < -0.3 is 14.5 Å². The summed E-state index contributed by atoms with van der Waals surface area (Å²) in [4.78, 5) is 0. The molecule has 3 heteroatoms. The van der Waals surface area contributed by atoms with Crippen molar-refractivity contribution >= 4 is 0 Å². The van der Waals surface area contributed by atoms with Crippen molar-refractivity contribution in [2.45, 2.75) is 32.2 Å². The molecule has 108 valence electrons. The normalized spacial score (nSPS) is 12.3. The summed E-state index contributed by atoms with van der Waals surface area (Å²) in [6.07, 6.45) is 4.88. The van der Waals surface area contributed by atoms with Crippen molar-refractivity contribution in [3.8, 4) is 5.75 Å². The Hall–Kier alpha value is -1.74. The Bertz CT molecular complexity index is 476. The van der Waals surface area contributed by atoms with E-state index in [1.165, 1.54) is 5.56 Å². The molecule has 0 saturated carbocycles. The van der Waals surface area contributed by atoms with E-state index in [1.54, 1.807) is 13.4 Å². The maximum absolute atomic E-state index is 5.31. The molecule has 0 fully saturated rings. The number of furan rings is 1. The van der Waals surface area contributed by atoms with E-state index in [9.17, 15) is 0 Å². The van der Waals surface area contributed by atoms with Gasteiger partial charge in [-0.3, -0.25) is 0 Å². The van der Waals surface area contributed by atoms with Gasteiger partial charge in [0.15, 0.2) is 0 Å². The maximum Gasteiger partial charge on any atom is 0.118 e. The van der Waals surface area contributed by atoms with Gasteiger partial charge in [-0.1, -0.05) is 12.1 Å². The number of aryl methyl sites for hydroxylation is 1. The highest BCUT2D eigenvalue weighted by molar-refractivity contribution is 5.27. The third kappa shape index (κ3) is 4.74. The lowest BCUT2D eigenvalue weighted by Crippen LogP contribution is -2.28. The smallest absolute Gasteiger partial charge is 0.118 e. The molecule has 2 aromatic rings. The van der Waals surface area contributed by atoms with Gasteiger partial charge in [-0.2, -0.15) is 0 Å². The van der Waals surface area contributed by atoms with E-state index in [4.69, 9.17) is 9.15 Å². The van der Waals surface area contributed by atoms with Crippen molar-refractivity contribution in [3.63, 3.8) is 0 Å². The number of methoxy groups -OCH3 is 1. The van der Waals surface area contributed by atoms with Gasteiger partial charge in [0.2, 0.25) is 0 Å². The summed E-state index contributed by atoms with van der Waals surface area (Å²) in [7, 11) is 1.69. The van der Waals surface area contributed by atoms with Gasteiger partial charge in [0.25, 0.3) is 0 Å². The molecule has 0 spiro atoms. The lowest BCUT2D eigenvalue weighted by atomic mass is 10.1. The largest absolute Gasteiger partial charge is 0.497 e. The van der Waals surface area contributed by atoms with E-state index in [2.05, 4.69) is 24.4 Å². The minimum atomic E-state index is 0.507. The van der Waals surface area contributed by atoms with Crippen LogP contribution in [-0.2, 0) is 12.8 Å². The first-order chi connectivity index (χ1) is 9.78. The molecular formula is C17H23NO2. The molecule has 1 heterocycles. The SMILES string of the molecule is COc1ccc(CCC(C)NCCc2ccco2)cc1. The zero-order chi connectivity index (χ0) is 14.2. The highest BCUT2D eigenvalue weighted by Crippen LogP contribution is 2.13. The van der Waals surface area contributed by atoms with Crippen molar-refractivity contribution in [1.82, 2.24) is 5.32 Å². The monoisotopic (exact) mass is 273 g/mol. The van der Waals surface area contributed by atoms with Crippen LogP contribution < -0.4 is 10.1 Å². The van der Waals surface area contributed by atoms with Crippen molar-refractivity contribution in [3.05, 3.63) is 54.0 Å². The third-order valence-corrected chi connectivity index (χ3v) is 3.47. The Kier molecular flexibility index (Phi) is 5.69. The fourth-order valence-corrected chi connectivity index (χ4v) is 2.17. The minimum Gasteiger partial charge on any atom is -0.497 e. The fourth-order valence-electron chi connectivity index (χ4n) is 2.17. The fraction of sp³-hybridized carbons (Fsp3) is 0.412. The summed E-state index contributed by atoms with van der Waals surface area (Å²) in [5, 5.41) is 3.53. The van der Waals surface area contributed by atoms with E-state index >= 15 is 0 Å². The standard InChI is InChI=1S/C17H23NO2/c1-14(18-12-11-17-4-3-13-20-17)5-6-15-7-9-16(19-2)10-8-15/h3-4,7-10,13-14,18H,5-6,11-12H2,1-2H3. The van der Waals surface area contributed by atoms with Gasteiger partial charge in [-0.05, 0) is 49.6 Å². The van der Waals surface area contributed by atoms with E-state index in [1.807, 2.05) is 24.3 Å². The highest BCUT2D eigenvalue weighted by atomic mass is 16.5. The Labute approximate surface area is 121 Å². The summed E-state index contributed by atoms with van der Waals surface area (Å²) in [6.45, 7) is 3.18. The second-order valence-corrected chi connectivity index (χ2v) is 5.07. The van der Waals surface area contributed by atoms with Gasteiger partial charge in [0, 0.05) is 19.0 Å². The van der Waals surface area contributed by atoms with Crippen LogP contribution in [0.15, 0.2) is 47.1 Å². The molecule has 1 N–H and O–H groups in total. The summed E-state index contributed by atoms with van der Waals surface area (Å²) in [5.41, 5.74) is 1.35. The van der Waals surface area contributed by atoms with Crippen LogP contribution in [0.1, 0.15) is 24.7 Å². The molecule has 0 bridgehead atoms. The molecule has 20 heavy (non-hydrogen) atoms. The summed E-state index contributed by atoms with van der Waals surface area (Å²) >= 11 is 0. The summed E-state index contributed by atoms with van der Waals surface area (Å²) in [5.74, 6) is 1.96. The van der Waals surface area contributed by atoms with Crippen LogP contribution in [0.4, 0.5) is 0 Å². The maximum atomic E-state index is 5.31. The second-order valence-electron chi connectivity index (χ2n) is 5.07. The van der Waals surface area contributed by atoms with Crippen molar-refractivity contribution in [2.75, 3.05) is 13.7 Å². The van der Waals surface area contributed by atoms with Crippen molar-refractivity contribution < 1.29 is 9.15 Å². The van der Waals surface area contributed by atoms with E-state index in [0.29, 0.717) is 6.04 Å². The molecule has 1 aromatic carbocycles. The van der Waals surface area contributed by atoms with Crippen LogP contribution in [0.5, 0.6) is 5.75 Å². The minimum absolute atomic E-state index is 0.507. The summed E-state index contributed by atoms with van der Waals surface area (Å²) in [6, 6.07) is 12.8. The molecular weight excluding hydrogens is 250 g/mol. The average Bonchev–Trinajstić information content (AvgIpc) is 2.99. The number of nitrogens with one attached hydrogen (secondary N) is 1. The van der Waals surface area contributed by atoms with Crippen LogP contribution in [0.3, 0.4) is 0 Å². The topological polar surface area (TPSA) is 34.4 Å². The van der Waals surface area contributed by atoms with Gasteiger partial charge in [-0.25, -0.2) is 0 Å².